The van der Waals surface area contributed by atoms with E-state index in [0.717, 1.165) is 11.3 Å². The molecule has 0 saturated carbocycles. The Kier molecular flexibility index (Phi) is 3.84. The summed E-state index contributed by atoms with van der Waals surface area (Å²) in [6.45, 7) is 3.71. The summed E-state index contributed by atoms with van der Waals surface area (Å²) < 4.78 is 5.76. The molecule has 0 spiro atoms. The van der Waals surface area contributed by atoms with Crippen LogP contribution in [-0.2, 0) is 6.61 Å². The van der Waals surface area contributed by atoms with E-state index in [-0.39, 0.29) is 6.61 Å². The summed E-state index contributed by atoms with van der Waals surface area (Å²) in [7, 11) is 0. The molecule has 0 radical (unpaired) electrons. The number of nitrogens with zero attached hydrogens (tertiary/aromatic N) is 1. The van der Waals surface area contributed by atoms with Crippen LogP contribution in [-0.4, -0.2) is 10.1 Å². The van der Waals surface area contributed by atoms with E-state index in [0.29, 0.717) is 22.1 Å². The maximum atomic E-state index is 9.26. The first-order valence-electron chi connectivity index (χ1n) is 5.60. The Labute approximate surface area is 111 Å². The molecule has 4 heteroatoms. The third-order valence-corrected chi connectivity index (χ3v) is 2.87. The summed E-state index contributed by atoms with van der Waals surface area (Å²) in [5.74, 6) is 1.16. The van der Waals surface area contributed by atoms with E-state index in [1.807, 2.05) is 26.0 Å². The number of rotatable bonds is 3. The van der Waals surface area contributed by atoms with Crippen LogP contribution in [0.15, 0.2) is 30.5 Å². The number of pyridine rings is 1. The molecule has 2 rings (SSSR count). The van der Waals surface area contributed by atoms with Gasteiger partial charge >= 0.3 is 0 Å². The number of hydrogen-bond acceptors (Lipinski definition) is 3. The predicted molar refractivity (Wildman–Crippen MR) is 71.2 cm³/mol. The van der Waals surface area contributed by atoms with Gasteiger partial charge in [-0.1, -0.05) is 17.7 Å². The lowest BCUT2D eigenvalue weighted by Crippen LogP contribution is -1.95. The van der Waals surface area contributed by atoms with Crippen molar-refractivity contribution in [3.8, 4) is 11.5 Å². The first kappa shape index (κ1) is 12.9. The molecule has 0 atom stereocenters. The van der Waals surface area contributed by atoms with Crippen molar-refractivity contribution < 1.29 is 9.84 Å². The minimum atomic E-state index is -0.119. The molecule has 0 saturated heterocycles. The maximum Gasteiger partial charge on any atom is 0.146 e. The molecule has 1 aromatic carbocycles. The fourth-order valence-electron chi connectivity index (χ4n) is 1.58. The summed E-state index contributed by atoms with van der Waals surface area (Å²) in [5, 5.41) is 9.80. The van der Waals surface area contributed by atoms with Gasteiger partial charge in [0.15, 0.2) is 0 Å². The number of aryl methyl sites for hydroxylation is 2. The topological polar surface area (TPSA) is 42.4 Å². The van der Waals surface area contributed by atoms with Crippen LogP contribution in [0.2, 0.25) is 5.02 Å². The van der Waals surface area contributed by atoms with Gasteiger partial charge in [-0.25, -0.2) is 0 Å². The molecule has 0 unspecified atom stereocenters. The van der Waals surface area contributed by atoms with Gasteiger partial charge in [-0.2, -0.15) is 0 Å². The van der Waals surface area contributed by atoms with E-state index in [1.165, 1.54) is 0 Å². The highest BCUT2D eigenvalue weighted by Gasteiger charge is 2.08. The van der Waals surface area contributed by atoms with Crippen LogP contribution < -0.4 is 4.74 Å². The minimum Gasteiger partial charge on any atom is -0.455 e. The van der Waals surface area contributed by atoms with E-state index >= 15 is 0 Å². The second-order valence-electron chi connectivity index (χ2n) is 4.13. The average Bonchev–Trinajstić information content (AvgIpc) is 2.34. The van der Waals surface area contributed by atoms with Gasteiger partial charge in [-0.05, 0) is 31.5 Å². The number of hydrogen-bond donors (Lipinski definition) is 1. The largest absolute Gasteiger partial charge is 0.455 e. The molecule has 1 N–H and O–H groups in total. The zero-order valence-electron chi connectivity index (χ0n) is 10.3. The predicted octanol–water partition coefficient (Wildman–Crippen LogP) is 3.64. The molecular formula is C14H14ClNO2. The normalized spacial score (nSPS) is 10.4. The van der Waals surface area contributed by atoms with Crippen molar-refractivity contribution in [1.82, 2.24) is 4.98 Å². The smallest absolute Gasteiger partial charge is 0.146 e. The number of aliphatic hydroxyl groups excluding tert-OH is 1. The van der Waals surface area contributed by atoms with E-state index < -0.39 is 0 Å². The second kappa shape index (κ2) is 5.38. The highest BCUT2D eigenvalue weighted by molar-refractivity contribution is 6.32. The highest BCUT2D eigenvalue weighted by atomic mass is 35.5. The molecule has 0 aliphatic carbocycles. The quantitative estimate of drug-likeness (QED) is 0.919. The van der Waals surface area contributed by atoms with Crippen LogP contribution >= 0.6 is 11.6 Å². The van der Waals surface area contributed by atoms with E-state index in [2.05, 4.69) is 4.98 Å². The summed E-state index contributed by atoms with van der Waals surface area (Å²) in [6.07, 6.45) is 1.61. The third-order valence-electron chi connectivity index (χ3n) is 2.56. The molecule has 3 nitrogen and oxygen atoms in total. The number of aliphatic hydroxyl groups is 1. The lowest BCUT2D eigenvalue weighted by atomic mass is 10.2. The first-order valence-corrected chi connectivity index (χ1v) is 5.98. The molecular weight excluding hydrogens is 250 g/mol. The molecule has 0 fully saturated rings. The summed E-state index contributed by atoms with van der Waals surface area (Å²) in [4.78, 5) is 4.12. The summed E-state index contributed by atoms with van der Waals surface area (Å²) in [6, 6.07) is 7.35. The van der Waals surface area contributed by atoms with Gasteiger partial charge in [0.2, 0.25) is 0 Å². The zero-order valence-corrected chi connectivity index (χ0v) is 11.0. The monoisotopic (exact) mass is 263 g/mol. The lowest BCUT2D eigenvalue weighted by Gasteiger charge is -2.12. The number of ether oxygens (including phenoxy) is 1. The number of benzene rings is 1. The Morgan fingerprint density at radius 2 is 2.00 bits per heavy atom. The molecule has 1 heterocycles. The highest BCUT2D eigenvalue weighted by Crippen LogP contribution is 2.32. The molecule has 0 aliphatic rings. The Morgan fingerprint density at radius 1 is 1.22 bits per heavy atom. The summed E-state index contributed by atoms with van der Waals surface area (Å²) in [5.41, 5.74) is 2.52. The van der Waals surface area contributed by atoms with Gasteiger partial charge in [0.05, 0.1) is 11.6 Å². The van der Waals surface area contributed by atoms with Crippen LogP contribution in [0.1, 0.15) is 16.8 Å². The number of aromatic nitrogens is 1. The van der Waals surface area contributed by atoms with E-state index in [1.54, 1.807) is 18.3 Å². The van der Waals surface area contributed by atoms with Gasteiger partial charge < -0.3 is 9.84 Å². The van der Waals surface area contributed by atoms with Crippen molar-refractivity contribution in [2.24, 2.45) is 0 Å². The molecule has 2 aromatic rings. The van der Waals surface area contributed by atoms with Crippen molar-refractivity contribution in [2.75, 3.05) is 0 Å². The van der Waals surface area contributed by atoms with Crippen LogP contribution in [0, 0.1) is 13.8 Å². The van der Waals surface area contributed by atoms with Crippen molar-refractivity contribution in [2.45, 2.75) is 20.5 Å². The van der Waals surface area contributed by atoms with Gasteiger partial charge in [-0.3, -0.25) is 4.98 Å². The van der Waals surface area contributed by atoms with Crippen LogP contribution in [0.5, 0.6) is 11.5 Å². The molecule has 0 aliphatic heterocycles. The molecule has 18 heavy (non-hydrogen) atoms. The number of halogens is 1. The Hall–Kier alpha value is -1.58. The van der Waals surface area contributed by atoms with Gasteiger partial charge in [0, 0.05) is 23.5 Å². The van der Waals surface area contributed by atoms with Crippen LogP contribution in [0.25, 0.3) is 0 Å². The summed E-state index contributed by atoms with van der Waals surface area (Å²) >= 11 is 6.08. The van der Waals surface area contributed by atoms with Crippen LogP contribution in [0.4, 0.5) is 0 Å². The fourth-order valence-corrected chi connectivity index (χ4v) is 1.74. The van der Waals surface area contributed by atoms with E-state index in [9.17, 15) is 5.11 Å². The molecule has 0 bridgehead atoms. The average molecular weight is 264 g/mol. The van der Waals surface area contributed by atoms with Gasteiger partial charge in [-0.15, -0.1) is 0 Å². The Balaban J connectivity index is 2.38. The van der Waals surface area contributed by atoms with Crippen molar-refractivity contribution >= 4 is 11.6 Å². The lowest BCUT2D eigenvalue weighted by molar-refractivity contribution is 0.276. The van der Waals surface area contributed by atoms with E-state index in [4.69, 9.17) is 16.3 Å². The standard InChI is InChI=1S/C14H14ClNO2/c1-9-3-4-12(15)14(5-9)18-13-6-10(2)16-7-11(13)8-17/h3-7,17H,8H2,1-2H3. The SMILES string of the molecule is Cc1ccc(Cl)c(Oc2cc(C)ncc2CO)c1. The Morgan fingerprint density at radius 3 is 2.72 bits per heavy atom. The molecule has 94 valence electrons. The maximum absolute atomic E-state index is 9.26. The second-order valence-corrected chi connectivity index (χ2v) is 4.53. The fraction of sp³-hybridized carbons (Fsp3) is 0.214. The van der Waals surface area contributed by atoms with Gasteiger partial charge in [0.1, 0.15) is 11.5 Å². The molecule has 1 aromatic heterocycles. The minimum absolute atomic E-state index is 0.119. The van der Waals surface area contributed by atoms with Crippen molar-refractivity contribution in [3.05, 3.63) is 52.3 Å². The van der Waals surface area contributed by atoms with Crippen LogP contribution in [0.3, 0.4) is 0 Å². The van der Waals surface area contributed by atoms with Crippen molar-refractivity contribution in [3.63, 3.8) is 0 Å². The first-order chi connectivity index (χ1) is 8.60. The third kappa shape index (κ3) is 2.81. The molecule has 0 amide bonds. The zero-order chi connectivity index (χ0) is 13.1. The van der Waals surface area contributed by atoms with Gasteiger partial charge in [0.25, 0.3) is 0 Å². The Bertz CT molecular complexity index is 570. The van der Waals surface area contributed by atoms with Crippen molar-refractivity contribution in [1.29, 1.82) is 0 Å².